The lowest BCUT2D eigenvalue weighted by atomic mass is 10.1. The van der Waals surface area contributed by atoms with Crippen molar-refractivity contribution in [3.63, 3.8) is 0 Å². The number of halogens is 1. The molecule has 1 heterocycles. The molecule has 0 spiro atoms. The molecule has 0 saturated carbocycles. The number of aliphatic hydroxyl groups excluding tert-OH is 1. The third-order valence-electron chi connectivity index (χ3n) is 3.37. The van der Waals surface area contributed by atoms with Gasteiger partial charge in [-0.05, 0) is 49.6 Å². The van der Waals surface area contributed by atoms with Crippen molar-refractivity contribution in [3.05, 3.63) is 57.5 Å². The number of carbonyl (C=O) groups is 1. The van der Waals surface area contributed by atoms with Gasteiger partial charge in [0.1, 0.15) is 5.82 Å². The largest absolute Gasteiger partial charge is 0.387 e. The fourth-order valence-corrected chi connectivity index (χ4v) is 3.08. The molecule has 2 N–H and O–H groups in total. The number of rotatable bonds is 7. The second-order valence-corrected chi connectivity index (χ2v) is 6.61. The van der Waals surface area contributed by atoms with E-state index < -0.39 is 6.10 Å². The standard InChI is InChI=1S/C17H20FNO2S/c1-12-5-10-15(22-12)3-2-4-17(21)19-11-16(20)13-6-8-14(18)9-7-13/h5-10,16,20H,2-4,11H2,1H3,(H,19,21). The van der Waals surface area contributed by atoms with Crippen molar-refractivity contribution in [2.75, 3.05) is 6.54 Å². The maximum atomic E-state index is 12.8. The van der Waals surface area contributed by atoms with E-state index in [0.29, 0.717) is 12.0 Å². The van der Waals surface area contributed by atoms with Gasteiger partial charge < -0.3 is 10.4 Å². The summed E-state index contributed by atoms with van der Waals surface area (Å²) in [6, 6.07) is 9.80. The highest BCUT2D eigenvalue weighted by atomic mass is 32.1. The molecule has 0 aliphatic rings. The van der Waals surface area contributed by atoms with Crippen LogP contribution in [0.2, 0.25) is 0 Å². The van der Waals surface area contributed by atoms with Crippen LogP contribution >= 0.6 is 11.3 Å². The highest BCUT2D eigenvalue weighted by Crippen LogP contribution is 2.17. The number of aryl methyl sites for hydroxylation is 2. The van der Waals surface area contributed by atoms with Gasteiger partial charge in [0.15, 0.2) is 0 Å². The minimum Gasteiger partial charge on any atom is -0.387 e. The maximum Gasteiger partial charge on any atom is 0.220 e. The van der Waals surface area contributed by atoms with Crippen LogP contribution in [-0.2, 0) is 11.2 Å². The molecule has 22 heavy (non-hydrogen) atoms. The van der Waals surface area contributed by atoms with Crippen molar-refractivity contribution >= 4 is 17.2 Å². The van der Waals surface area contributed by atoms with Crippen LogP contribution in [0.15, 0.2) is 36.4 Å². The summed E-state index contributed by atoms with van der Waals surface area (Å²) in [6.45, 7) is 2.21. The van der Waals surface area contributed by atoms with E-state index in [0.717, 1.165) is 12.8 Å². The molecule has 0 aliphatic heterocycles. The van der Waals surface area contributed by atoms with Crippen molar-refractivity contribution < 1.29 is 14.3 Å². The number of thiophene rings is 1. The Morgan fingerprint density at radius 3 is 2.64 bits per heavy atom. The first-order valence-electron chi connectivity index (χ1n) is 7.30. The van der Waals surface area contributed by atoms with Crippen molar-refractivity contribution in [1.29, 1.82) is 0 Å². The van der Waals surface area contributed by atoms with Crippen LogP contribution in [0.3, 0.4) is 0 Å². The van der Waals surface area contributed by atoms with Gasteiger partial charge in [-0.15, -0.1) is 11.3 Å². The second kappa shape index (κ2) is 8.06. The number of aliphatic hydroxyl groups is 1. The van der Waals surface area contributed by atoms with Crippen molar-refractivity contribution in [3.8, 4) is 0 Å². The van der Waals surface area contributed by atoms with Gasteiger partial charge in [-0.1, -0.05) is 12.1 Å². The van der Waals surface area contributed by atoms with Crippen LogP contribution in [0.25, 0.3) is 0 Å². The van der Waals surface area contributed by atoms with Gasteiger partial charge >= 0.3 is 0 Å². The van der Waals surface area contributed by atoms with E-state index in [-0.39, 0.29) is 18.3 Å². The second-order valence-electron chi connectivity index (χ2n) is 5.24. The topological polar surface area (TPSA) is 49.3 Å². The minimum atomic E-state index is -0.815. The summed E-state index contributed by atoms with van der Waals surface area (Å²) in [5.41, 5.74) is 0.593. The predicted octanol–water partition coefficient (Wildman–Crippen LogP) is 3.37. The lowest BCUT2D eigenvalue weighted by molar-refractivity contribution is -0.121. The van der Waals surface area contributed by atoms with Crippen LogP contribution in [0.5, 0.6) is 0 Å². The van der Waals surface area contributed by atoms with E-state index in [1.54, 1.807) is 11.3 Å². The molecule has 0 aliphatic carbocycles. The summed E-state index contributed by atoms with van der Waals surface area (Å²) in [5.74, 6) is -0.418. The van der Waals surface area contributed by atoms with Gasteiger partial charge in [-0.3, -0.25) is 4.79 Å². The van der Waals surface area contributed by atoms with Gasteiger partial charge in [0, 0.05) is 22.7 Å². The summed E-state index contributed by atoms with van der Waals surface area (Å²) in [6.07, 6.45) is 1.31. The number of nitrogens with one attached hydrogen (secondary N) is 1. The van der Waals surface area contributed by atoms with Crippen LogP contribution in [0, 0.1) is 12.7 Å². The molecular weight excluding hydrogens is 301 g/mol. The molecule has 5 heteroatoms. The molecule has 1 aromatic heterocycles. The molecule has 2 aromatic rings. The molecule has 1 unspecified atom stereocenters. The average molecular weight is 321 g/mol. The zero-order chi connectivity index (χ0) is 15.9. The van der Waals surface area contributed by atoms with Gasteiger partial charge in [0.25, 0.3) is 0 Å². The van der Waals surface area contributed by atoms with E-state index in [1.165, 1.54) is 34.0 Å². The lowest BCUT2D eigenvalue weighted by Crippen LogP contribution is -2.28. The highest BCUT2D eigenvalue weighted by molar-refractivity contribution is 7.11. The molecule has 0 bridgehead atoms. The normalized spacial score (nSPS) is 12.1. The molecule has 1 amide bonds. The monoisotopic (exact) mass is 321 g/mol. The Bertz CT molecular complexity index is 609. The fourth-order valence-electron chi connectivity index (χ4n) is 2.14. The molecule has 0 fully saturated rings. The van der Waals surface area contributed by atoms with E-state index >= 15 is 0 Å². The zero-order valence-corrected chi connectivity index (χ0v) is 13.3. The Balaban J connectivity index is 1.67. The molecule has 1 atom stereocenters. The first-order valence-corrected chi connectivity index (χ1v) is 8.12. The van der Waals surface area contributed by atoms with Crippen molar-refractivity contribution in [2.24, 2.45) is 0 Å². The maximum absolute atomic E-state index is 12.8. The first kappa shape index (κ1) is 16.6. The predicted molar refractivity (Wildman–Crippen MR) is 86.4 cm³/mol. The van der Waals surface area contributed by atoms with Crippen LogP contribution < -0.4 is 5.32 Å². The smallest absolute Gasteiger partial charge is 0.220 e. The molecule has 1 aromatic carbocycles. The van der Waals surface area contributed by atoms with Crippen molar-refractivity contribution in [1.82, 2.24) is 5.32 Å². The Hall–Kier alpha value is -1.72. The molecule has 0 radical (unpaired) electrons. The van der Waals surface area contributed by atoms with Crippen molar-refractivity contribution in [2.45, 2.75) is 32.3 Å². The Labute approximate surface area is 133 Å². The van der Waals surface area contributed by atoms with E-state index in [9.17, 15) is 14.3 Å². The van der Waals surface area contributed by atoms with Gasteiger partial charge in [0.2, 0.25) is 5.91 Å². The number of hydrogen-bond donors (Lipinski definition) is 2. The number of benzene rings is 1. The fraction of sp³-hybridized carbons (Fsp3) is 0.353. The number of carbonyl (C=O) groups excluding carboxylic acids is 1. The zero-order valence-electron chi connectivity index (χ0n) is 12.5. The third kappa shape index (κ3) is 5.24. The van der Waals surface area contributed by atoms with Crippen LogP contribution in [-0.4, -0.2) is 17.6 Å². The molecule has 2 rings (SSSR count). The van der Waals surface area contributed by atoms with Gasteiger partial charge in [-0.2, -0.15) is 0 Å². The van der Waals surface area contributed by atoms with Crippen LogP contribution in [0.1, 0.15) is 34.3 Å². The Morgan fingerprint density at radius 1 is 1.27 bits per heavy atom. The Morgan fingerprint density at radius 2 is 2.00 bits per heavy atom. The molecule has 3 nitrogen and oxygen atoms in total. The van der Waals surface area contributed by atoms with Crippen LogP contribution in [0.4, 0.5) is 4.39 Å². The van der Waals surface area contributed by atoms with E-state index in [4.69, 9.17) is 0 Å². The SMILES string of the molecule is Cc1ccc(CCCC(=O)NCC(O)c2ccc(F)cc2)s1. The molecular formula is C17H20FNO2S. The quantitative estimate of drug-likeness (QED) is 0.821. The molecule has 118 valence electrons. The number of hydrogen-bond acceptors (Lipinski definition) is 3. The molecule has 0 saturated heterocycles. The average Bonchev–Trinajstić information content (AvgIpc) is 2.91. The summed E-state index contributed by atoms with van der Waals surface area (Å²) >= 11 is 1.75. The summed E-state index contributed by atoms with van der Waals surface area (Å²) in [5, 5.41) is 12.6. The van der Waals surface area contributed by atoms with E-state index in [2.05, 4.69) is 24.4 Å². The first-order chi connectivity index (χ1) is 10.5. The Kier molecular flexibility index (Phi) is 6.10. The highest BCUT2D eigenvalue weighted by Gasteiger charge is 2.09. The van der Waals surface area contributed by atoms with Gasteiger partial charge in [0.05, 0.1) is 6.10 Å². The minimum absolute atomic E-state index is 0.0746. The van der Waals surface area contributed by atoms with E-state index in [1.807, 2.05) is 0 Å². The number of amides is 1. The summed E-state index contributed by atoms with van der Waals surface area (Å²) in [7, 11) is 0. The van der Waals surface area contributed by atoms with Gasteiger partial charge in [-0.25, -0.2) is 4.39 Å². The summed E-state index contributed by atoms with van der Waals surface area (Å²) in [4.78, 5) is 14.3. The third-order valence-corrected chi connectivity index (χ3v) is 4.43. The lowest BCUT2D eigenvalue weighted by Gasteiger charge is -2.12. The summed E-state index contributed by atoms with van der Waals surface area (Å²) < 4.78 is 12.8.